The average Bonchev–Trinajstić information content (AvgIpc) is 2.37. The molecule has 4 N–H and O–H groups in total. The van der Waals surface area contributed by atoms with Gasteiger partial charge in [-0.3, -0.25) is 14.6 Å². The molecule has 0 bridgehead atoms. The van der Waals surface area contributed by atoms with E-state index in [4.69, 9.17) is 5.73 Å². The number of carbonyl (C=O) groups excluding carboxylic acids is 2. The zero-order valence-electron chi connectivity index (χ0n) is 11.4. The van der Waals surface area contributed by atoms with Crippen LogP contribution in [0.15, 0.2) is 18.3 Å². The molecule has 1 aromatic heterocycles. The normalized spacial score (nSPS) is 12.1. The second-order valence-electron chi connectivity index (χ2n) is 4.61. The number of nitrogens with two attached hydrogens (primary N) is 1. The van der Waals surface area contributed by atoms with Gasteiger partial charge in [-0.25, -0.2) is 0 Å². The number of pyridine rings is 1. The van der Waals surface area contributed by atoms with Crippen molar-refractivity contribution < 1.29 is 9.59 Å². The smallest absolute Gasteiger partial charge is 0.270 e. The Kier molecular flexibility index (Phi) is 5.44. The predicted molar refractivity (Wildman–Crippen MR) is 72.3 cm³/mol. The lowest BCUT2D eigenvalue weighted by Crippen LogP contribution is -2.46. The van der Waals surface area contributed by atoms with Crippen molar-refractivity contribution in [3.05, 3.63) is 29.6 Å². The van der Waals surface area contributed by atoms with Gasteiger partial charge in [0.25, 0.3) is 5.91 Å². The van der Waals surface area contributed by atoms with Crippen LogP contribution in [0.25, 0.3) is 0 Å². The van der Waals surface area contributed by atoms with Crippen molar-refractivity contribution in [1.29, 1.82) is 0 Å². The Hall–Kier alpha value is -1.95. The Morgan fingerprint density at radius 2 is 1.95 bits per heavy atom. The molecule has 0 saturated heterocycles. The van der Waals surface area contributed by atoms with Gasteiger partial charge >= 0.3 is 0 Å². The van der Waals surface area contributed by atoms with Crippen LogP contribution in [-0.4, -0.2) is 28.9 Å². The summed E-state index contributed by atoms with van der Waals surface area (Å²) in [5.74, 6) is -0.600. The van der Waals surface area contributed by atoms with Crippen LogP contribution in [0.5, 0.6) is 0 Å². The molecule has 0 spiro atoms. The minimum Gasteiger partial charge on any atom is -0.352 e. The fourth-order valence-corrected chi connectivity index (χ4v) is 1.43. The first-order valence-corrected chi connectivity index (χ1v) is 6.20. The molecule has 0 aliphatic carbocycles. The van der Waals surface area contributed by atoms with Crippen molar-refractivity contribution in [3.63, 3.8) is 0 Å². The molecule has 2 amide bonds. The fourth-order valence-electron chi connectivity index (χ4n) is 1.43. The average molecular weight is 264 g/mol. The second kappa shape index (κ2) is 6.84. The van der Waals surface area contributed by atoms with Gasteiger partial charge in [-0.2, -0.15) is 0 Å². The van der Waals surface area contributed by atoms with Gasteiger partial charge in [0, 0.05) is 18.8 Å². The molecular weight excluding hydrogens is 244 g/mol. The number of amides is 2. The van der Waals surface area contributed by atoms with Crippen molar-refractivity contribution >= 4 is 11.8 Å². The summed E-state index contributed by atoms with van der Waals surface area (Å²) < 4.78 is 0. The van der Waals surface area contributed by atoms with Crippen LogP contribution in [0, 0.1) is 0 Å². The number of hydrogen-bond acceptors (Lipinski definition) is 4. The van der Waals surface area contributed by atoms with Gasteiger partial charge in [0.1, 0.15) is 11.7 Å². The van der Waals surface area contributed by atoms with E-state index < -0.39 is 6.04 Å². The highest BCUT2D eigenvalue weighted by Crippen LogP contribution is 2.00. The van der Waals surface area contributed by atoms with E-state index in [1.807, 2.05) is 13.8 Å². The molecule has 104 valence electrons. The van der Waals surface area contributed by atoms with Crippen LogP contribution in [0.3, 0.4) is 0 Å². The minimum absolute atomic E-state index is 0.0359. The summed E-state index contributed by atoms with van der Waals surface area (Å²) in [4.78, 5) is 27.5. The van der Waals surface area contributed by atoms with Gasteiger partial charge in [0.05, 0.1) is 0 Å². The monoisotopic (exact) mass is 264 g/mol. The van der Waals surface area contributed by atoms with E-state index in [1.165, 1.54) is 0 Å². The van der Waals surface area contributed by atoms with E-state index >= 15 is 0 Å². The second-order valence-corrected chi connectivity index (χ2v) is 4.61. The van der Waals surface area contributed by atoms with Crippen molar-refractivity contribution in [2.75, 3.05) is 0 Å². The number of carbonyl (C=O) groups is 2. The number of aromatic nitrogens is 1. The first-order valence-electron chi connectivity index (χ1n) is 6.20. The number of rotatable bonds is 5. The van der Waals surface area contributed by atoms with E-state index in [9.17, 15) is 9.59 Å². The number of nitrogens with zero attached hydrogens (tertiary/aromatic N) is 1. The summed E-state index contributed by atoms with van der Waals surface area (Å²) in [6.07, 6.45) is 1.55. The highest BCUT2D eigenvalue weighted by atomic mass is 16.2. The van der Waals surface area contributed by atoms with Gasteiger partial charge in [-0.1, -0.05) is 6.07 Å². The molecule has 0 aromatic carbocycles. The Balaban J connectivity index is 2.60. The fraction of sp³-hybridized carbons (Fsp3) is 0.462. The lowest BCUT2D eigenvalue weighted by atomic mass is 10.2. The maximum Gasteiger partial charge on any atom is 0.270 e. The van der Waals surface area contributed by atoms with E-state index in [0.717, 1.165) is 5.56 Å². The third kappa shape index (κ3) is 4.67. The van der Waals surface area contributed by atoms with Gasteiger partial charge < -0.3 is 16.4 Å². The van der Waals surface area contributed by atoms with Crippen molar-refractivity contribution in [2.45, 2.75) is 39.4 Å². The third-order valence-electron chi connectivity index (χ3n) is 2.46. The molecule has 0 radical (unpaired) electrons. The first kappa shape index (κ1) is 15.1. The molecule has 1 aromatic rings. The van der Waals surface area contributed by atoms with Crippen LogP contribution in [-0.2, 0) is 11.3 Å². The molecule has 1 atom stereocenters. The summed E-state index contributed by atoms with van der Waals surface area (Å²) in [7, 11) is 0. The molecule has 19 heavy (non-hydrogen) atoms. The van der Waals surface area contributed by atoms with Crippen molar-refractivity contribution in [1.82, 2.24) is 15.6 Å². The molecule has 1 unspecified atom stereocenters. The lowest BCUT2D eigenvalue weighted by molar-refractivity contribution is -0.123. The highest BCUT2D eigenvalue weighted by molar-refractivity contribution is 5.95. The summed E-state index contributed by atoms with van der Waals surface area (Å²) in [6, 6.07) is 2.76. The van der Waals surface area contributed by atoms with Crippen molar-refractivity contribution in [2.24, 2.45) is 5.73 Å². The van der Waals surface area contributed by atoms with Crippen LogP contribution in [0.2, 0.25) is 0 Å². The molecule has 0 aliphatic rings. The third-order valence-corrected chi connectivity index (χ3v) is 2.46. The lowest BCUT2D eigenvalue weighted by Gasteiger charge is -2.15. The topological polar surface area (TPSA) is 97.1 Å². The summed E-state index contributed by atoms with van der Waals surface area (Å²) >= 11 is 0. The summed E-state index contributed by atoms with van der Waals surface area (Å²) in [5, 5.41) is 5.32. The minimum atomic E-state index is -0.606. The van der Waals surface area contributed by atoms with Crippen LogP contribution in [0.4, 0.5) is 0 Å². The Bertz CT molecular complexity index is 442. The van der Waals surface area contributed by atoms with E-state index in [1.54, 1.807) is 25.3 Å². The zero-order chi connectivity index (χ0) is 14.4. The van der Waals surface area contributed by atoms with Gasteiger partial charge in [-0.05, 0) is 32.4 Å². The predicted octanol–water partition coefficient (Wildman–Crippen LogP) is 0.183. The standard InChI is InChI=1S/C13H20N4O2/c1-8(2)16-12(18)9(3)17-13(19)11-5-4-10(6-14)7-15-11/h4-5,7-9H,6,14H2,1-3H3,(H,16,18)(H,17,19). The molecule has 6 nitrogen and oxygen atoms in total. The van der Waals surface area contributed by atoms with Crippen molar-refractivity contribution in [3.8, 4) is 0 Å². The number of hydrogen-bond donors (Lipinski definition) is 3. The Labute approximate surface area is 112 Å². The molecule has 0 aliphatic heterocycles. The maximum atomic E-state index is 11.9. The van der Waals surface area contributed by atoms with E-state index in [0.29, 0.717) is 6.54 Å². The molecule has 6 heteroatoms. The zero-order valence-corrected chi connectivity index (χ0v) is 11.4. The van der Waals surface area contributed by atoms with Gasteiger partial charge in [0.2, 0.25) is 5.91 Å². The van der Waals surface area contributed by atoms with Crippen LogP contribution < -0.4 is 16.4 Å². The van der Waals surface area contributed by atoms with Gasteiger partial charge in [-0.15, -0.1) is 0 Å². The van der Waals surface area contributed by atoms with E-state index in [-0.39, 0.29) is 23.6 Å². The van der Waals surface area contributed by atoms with Crippen LogP contribution >= 0.6 is 0 Å². The number of nitrogens with one attached hydrogen (secondary N) is 2. The molecule has 1 heterocycles. The highest BCUT2D eigenvalue weighted by Gasteiger charge is 2.17. The maximum absolute atomic E-state index is 11.9. The van der Waals surface area contributed by atoms with Crippen LogP contribution in [0.1, 0.15) is 36.8 Å². The molecular formula is C13H20N4O2. The summed E-state index contributed by atoms with van der Waals surface area (Å²) in [6.45, 7) is 5.73. The Morgan fingerprint density at radius 3 is 2.42 bits per heavy atom. The summed E-state index contributed by atoms with van der Waals surface area (Å²) in [5.41, 5.74) is 6.56. The first-order chi connectivity index (χ1) is 8.93. The Morgan fingerprint density at radius 1 is 1.26 bits per heavy atom. The molecule has 0 fully saturated rings. The quantitative estimate of drug-likeness (QED) is 0.707. The largest absolute Gasteiger partial charge is 0.352 e. The van der Waals surface area contributed by atoms with E-state index in [2.05, 4.69) is 15.6 Å². The SMILES string of the molecule is CC(C)NC(=O)C(C)NC(=O)c1ccc(CN)cn1. The molecule has 1 rings (SSSR count). The van der Waals surface area contributed by atoms with Gasteiger partial charge in [0.15, 0.2) is 0 Å². The molecule has 0 saturated carbocycles.